The largest absolute Gasteiger partial charge is 0.303 e. The van der Waals surface area contributed by atoms with Gasteiger partial charge in [0.25, 0.3) is 0 Å². The van der Waals surface area contributed by atoms with E-state index in [1.54, 1.807) is 0 Å². The van der Waals surface area contributed by atoms with Crippen molar-refractivity contribution in [3.63, 3.8) is 0 Å². The van der Waals surface area contributed by atoms with Crippen LogP contribution in [0.3, 0.4) is 0 Å². The molecule has 1 spiro atoms. The van der Waals surface area contributed by atoms with Gasteiger partial charge in [-0.25, -0.2) is 0 Å². The van der Waals surface area contributed by atoms with E-state index in [-0.39, 0.29) is 0 Å². The Morgan fingerprint density at radius 3 is 2.12 bits per heavy atom. The Morgan fingerprint density at radius 1 is 0.938 bits per heavy atom. The van der Waals surface area contributed by atoms with Crippen LogP contribution in [0.2, 0.25) is 0 Å². The van der Waals surface area contributed by atoms with Gasteiger partial charge in [0, 0.05) is 44.3 Å². The Morgan fingerprint density at radius 2 is 1.56 bits per heavy atom. The van der Waals surface area contributed by atoms with E-state index < -0.39 is 0 Å². The summed E-state index contributed by atoms with van der Waals surface area (Å²) in [5, 5.41) is 0. The highest BCUT2D eigenvalue weighted by atomic mass is 15.3. The van der Waals surface area contributed by atoms with Crippen molar-refractivity contribution in [2.24, 2.45) is 0 Å². The van der Waals surface area contributed by atoms with Gasteiger partial charge in [-0.2, -0.15) is 0 Å². The van der Waals surface area contributed by atoms with Crippen LogP contribution in [0, 0.1) is 0 Å². The fraction of sp³-hybridized carbons (Fsp3) is 1.00. The SMILES string of the molecule is CC(C)N1CCC2(CC1)CN(C)CCN2C. The lowest BCUT2D eigenvalue weighted by Crippen LogP contribution is -2.64. The predicted molar refractivity (Wildman–Crippen MR) is 68.8 cm³/mol. The Kier molecular flexibility index (Phi) is 3.57. The van der Waals surface area contributed by atoms with E-state index in [4.69, 9.17) is 0 Å². The van der Waals surface area contributed by atoms with E-state index in [1.165, 1.54) is 45.6 Å². The molecule has 0 N–H and O–H groups in total. The summed E-state index contributed by atoms with van der Waals surface area (Å²) in [5.74, 6) is 0. The van der Waals surface area contributed by atoms with Crippen molar-refractivity contribution in [2.45, 2.75) is 38.3 Å². The first-order chi connectivity index (χ1) is 7.53. The lowest BCUT2D eigenvalue weighted by molar-refractivity contribution is -0.0244. The summed E-state index contributed by atoms with van der Waals surface area (Å²) < 4.78 is 0. The molecule has 2 aliphatic heterocycles. The molecule has 3 heteroatoms. The van der Waals surface area contributed by atoms with Gasteiger partial charge in [-0.15, -0.1) is 0 Å². The van der Waals surface area contributed by atoms with Crippen molar-refractivity contribution in [3.8, 4) is 0 Å². The fourth-order valence-electron chi connectivity index (χ4n) is 3.26. The summed E-state index contributed by atoms with van der Waals surface area (Å²) in [5.41, 5.74) is 0.471. The predicted octanol–water partition coefficient (Wildman–Crippen LogP) is 1.11. The van der Waals surface area contributed by atoms with Gasteiger partial charge in [0.05, 0.1) is 0 Å². The Balaban J connectivity index is 1.99. The minimum atomic E-state index is 0.471. The van der Waals surface area contributed by atoms with E-state index in [9.17, 15) is 0 Å². The number of hydrogen-bond donors (Lipinski definition) is 0. The number of hydrogen-bond acceptors (Lipinski definition) is 3. The molecular weight excluding hydrogens is 198 g/mol. The monoisotopic (exact) mass is 225 g/mol. The van der Waals surface area contributed by atoms with E-state index in [2.05, 4.69) is 42.6 Å². The minimum Gasteiger partial charge on any atom is -0.303 e. The first kappa shape index (κ1) is 12.3. The van der Waals surface area contributed by atoms with Crippen LogP contribution >= 0.6 is 0 Å². The molecule has 0 amide bonds. The fourth-order valence-corrected chi connectivity index (χ4v) is 3.26. The minimum absolute atomic E-state index is 0.471. The van der Waals surface area contributed by atoms with Crippen LogP contribution in [0.1, 0.15) is 26.7 Å². The number of piperazine rings is 1. The van der Waals surface area contributed by atoms with Crippen molar-refractivity contribution < 1.29 is 0 Å². The van der Waals surface area contributed by atoms with Gasteiger partial charge in [0.15, 0.2) is 0 Å². The molecule has 0 bridgehead atoms. The Hall–Kier alpha value is -0.120. The van der Waals surface area contributed by atoms with Crippen LogP contribution in [0.25, 0.3) is 0 Å². The highest BCUT2D eigenvalue weighted by Crippen LogP contribution is 2.31. The number of rotatable bonds is 1. The molecule has 0 radical (unpaired) electrons. The standard InChI is InChI=1S/C13H27N3/c1-12(2)16-7-5-13(6-8-16)11-14(3)9-10-15(13)4/h12H,5-11H2,1-4H3. The van der Waals surface area contributed by atoms with Crippen molar-refractivity contribution in [1.82, 2.24) is 14.7 Å². The van der Waals surface area contributed by atoms with Crippen LogP contribution < -0.4 is 0 Å². The average Bonchev–Trinajstić information content (AvgIpc) is 2.25. The summed E-state index contributed by atoms with van der Waals surface area (Å²) in [4.78, 5) is 7.74. The van der Waals surface area contributed by atoms with E-state index in [1.807, 2.05) is 0 Å². The number of nitrogens with zero attached hydrogens (tertiary/aromatic N) is 3. The second-order valence-electron chi connectivity index (χ2n) is 6.01. The van der Waals surface area contributed by atoms with Crippen LogP contribution in [0.5, 0.6) is 0 Å². The molecule has 0 aliphatic carbocycles. The lowest BCUT2D eigenvalue weighted by atomic mass is 9.83. The molecule has 2 rings (SSSR count). The molecule has 94 valence electrons. The molecule has 0 aromatic heterocycles. The van der Waals surface area contributed by atoms with Crippen LogP contribution in [0.4, 0.5) is 0 Å². The summed E-state index contributed by atoms with van der Waals surface area (Å²) in [7, 11) is 4.58. The molecule has 2 heterocycles. The van der Waals surface area contributed by atoms with Crippen LogP contribution in [-0.2, 0) is 0 Å². The van der Waals surface area contributed by atoms with Crippen molar-refractivity contribution >= 4 is 0 Å². The quantitative estimate of drug-likeness (QED) is 0.662. The van der Waals surface area contributed by atoms with Crippen molar-refractivity contribution in [3.05, 3.63) is 0 Å². The maximum absolute atomic E-state index is 2.62. The lowest BCUT2D eigenvalue weighted by Gasteiger charge is -2.53. The Labute approximate surface area is 100 Å². The summed E-state index contributed by atoms with van der Waals surface area (Å²) >= 11 is 0. The van der Waals surface area contributed by atoms with E-state index in [0.29, 0.717) is 11.6 Å². The molecule has 0 atom stereocenters. The van der Waals surface area contributed by atoms with Gasteiger partial charge in [0.1, 0.15) is 0 Å². The highest BCUT2D eigenvalue weighted by molar-refractivity contribution is 4.99. The zero-order chi connectivity index (χ0) is 11.8. The molecule has 0 aromatic rings. The molecule has 0 unspecified atom stereocenters. The summed E-state index contributed by atoms with van der Waals surface area (Å²) in [6.07, 6.45) is 2.68. The van der Waals surface area contributed by atoms with E-state index >= 15 is 0 Å². The smallest absolute Gasteiger partial charge is 0.0358 e. The third-order valence-corrected chi connectivity index (χ3v) is 4.65. The normalized spacial score (nSPS) is 29.1. The van der Waals surface area contributed by atoms with Gasteiger partial charge in [0.2, 0.25) is 0 Å². The second kappa shape index (κ2) is 4.63. The maximum Gasteiger partial charge on any atom is 0.0358 e. The van der Waals surface area contributed by atoms with Crippen LogP contribution in [0.15, 0.2) is 0 Å². The van der Waals surface area contributed by atoms with Crippen LogP contribution in [-0.4, -0.2) is 73.1 Å². The molecule has 0 saturated carbocycles. The average molecular weight is 225 g/mol. The second-order valence-corrected chi connectivity index (χ2v) is 6.01. The van der Waals surface area contributed by atoms with Gasteiger partial charge in [-0.3, -0.25) is 4.90 Å². The van der Waals surface area contributed by atoms with Gasteiger partial charge < -0.3 is 9.80 Å². The van der Waals surface area contributed by atoms with E-state index in [0.717, 1.165) is 0 Å². The number of likely N-dealkylation sites (tertiary alicyclic amines) is 1. The molecule has 3 nitrogen and oxygen atoms in total. The zero-order valence-electron chi connectivity index (χ0n) is 11.4. The molecule has 16 heavy (non-hydrogen) atoms. The van der Waals surface area contributed by atoms with Gasteiger partial charge in [-0.1, -0.05) is 0 Å². The number of piperidine rings is 1. The van der Waals surface area contributed by atoms with Gasteiger partial charge >= 0.3 is 0 Å². The third-order valence-electron chi connectivity index (χ3n) is 4.65. The zero-order valence-corrected chi connectivity index (χ0v) is 11.4. The topological polar surface area (TPSA) is 9.72 Å². The first-order valence-electron chi connectivity index (χ1n) is 6.67. The molecule has 0 aromatic carbocycles. The highest BCUT2D eigenvalue weighted by Gasteiger charge is 2.41. The Bertz CT molecular complexity index is 231. The molecular formula is C13H27N3. The summed E-state index contributed by atoms with van der Waals surface area (Å²) in [6, 6.07) is 0.712. The maximum atomic E-state index is 2.62. The molecule has 2 fully saturated rings. The van der Waals surface area contributed by atoms with Crippen molar-refractivity contribution in [2.75, 3.05) is 46.8 Å². The van der Waals surface area contributed by atoms with Gasteiger partial charge in [-0.05, 0) is 40.8 Å². The first-order valence-corrected chi connectivity index (χ1v) is 6.67. The molecule has 2 saturated heterocycles. The number of likely N-dealkylation sites (N-methyl/N-ethyl adjacent to an activating group) is 2. The third kappa shape index (κ3) is 2.27. The summed E-state index contributed by atoms with van der Waals surface area (Å²) in [6.45, 7) is 10.9. The van der Waals surface area contributed by atoms with Crippen molar-refractivity contribution in [1.29, 1.82) is 0 Å². The molecule has 2 aliphatic rings.